The molecule has 0 radical (unpaired) electrons. The molecule has 7 heteroatoms. The van der Waals surface area contributed by atoms with Crippen molar-refractivity contribution in [2.45, 2.75) is 20.4 Å². The summed E-state index contributed by atoms with van der Waals surface area (Å²) in [6.45, 7) is 4.73. The van der Waals surface area contributed by atoms with Gasteiger partial charge in [-0.15, -0.1) is 0 Å². The first kappa shape index (κ1) is 19.9. The lowest BCUT2D eigenvalue weighted by Gasteiger charge is -2.08. The summed E-state index contributed by atoms with van der Waals surface area (Å²) in [6.07, 6.45) is 3.44. The highest BCUT2D eigenvalue weighted by molar-refractivity contribution is 6.30. The van der Waals surface area contributed by atoms with Gasteiger partial charge in [-0.2, -0.15) is 5.10 Å². The molecule has 1 N–H and O–H groups in total. The molecular formula is C23H21ClN4O2. The molecule has 0 saturated heterocycles. The van der Waals surface area contributed by atoms with E-state index in [0.29, 0.717) is 29.2 Å². The second-order valence-electron chi connectivity index (χ2n) is 7.24. The fourth-order valence-electron chi connectivity index (χ4n) is 3.37. The Kier molecular flexibility index (Phi) is 5.42. The fourth-order valence-corrected chi connectivity index (χ4v) is 3.56. The van der Waals surface area contributed by atoms with Crippen LogP contribution in [0.2, 0.25) is 5.02 Å². The normalized spacial score (nSPS) is 11.0. The summed E-state index contributed by atoms with van der Waals surface area (Å²) < 4.78 is 3.17. The van der Waals surface area contributed by atoms with E-state index in [1.165, 1.54) is 0 Å². The Morgan fingerprint density at radius 2 is 1.93 bits per heavy atom. The van der Waals surface area contributed by atoms with E-state index in [1.807, 2.05) is 19.9 Å². The Hall–Kier alpha value is -3.38. The second-order valence-corrected chi connectivity index (χ2v) is 7.68. The van der Waals surface area contributed by atoms with E-state index in [-0.39, 0.29) is 11.5 Å². The van der Waals surface area contributed by atoms with Gasteiger partial charge in [0, 0.05) is 41.6 Å². The molecule has 2 aromatic heterocycles. The summed E-state index contributed by atoms with van der Waals surface area (Å²) >= 11 is 5.93. The predicted octanol–water partition coefficient (Wildman–Crippen LogP) is 3.86. The van der Waals surface area contributed by atoms with E-state index in [2.05, 4.69) is 28.6 Å². The molecule has 0 spiro atoms. The first-order valence-electron chi connectivity index (χ1n) is 9.62. The average Bonchev–Trinajstić information content (AvgIpc) is 3.16. The van der Waals surface area contributed by atoms with Crippen molar-refractivity contribution in [2.24, 2.45) is 0 Å². The van der Waals surface area contributed by atoms with Crippen molar-refractivity contribution in [3.63, 3.8) is 0 Å². The number of aromatic nitrogens is 3. The number of fused-ring (bicyclic) bond motifs is 1. The van der Waals surface area contributed by atoms with Gasteiger partial charge in [-0.05, 0) is 49.7 Å². The minimum absolute atomic E-state index is 0.154. The number of hydrogen-bond donors (Lipinski definition) is 1. The van der Waals surface area contributed by atoms with E-state index in [0.717, 1.165) is 22.4 Å². The number of hydrogen-bond acceptors (Lipinski definition) is 3. The number of benzene rings is 2. The highest BCUT2D eigenvalue weighted by atomic mass is 35.5. The molecule has 0 unspecified atom stereocenters. The highest BCUT2D eigenvalue weighted by Crippen LogP contribution is 2.23. The Bertz CT molecular complexity index is 1310. The van der Waals surface area contributed by atoms with E-state index in [1.54, 1.807) is 45.7 Å². The van der Waals surface area contributed by atoms with E-state index in [9.17, 15) is 9.59 Å². The molecule has 0 aliphatic heterocycles. The van der Waals surface area contributed by atoms with E-state index >= 15 is 0 Å². The topological polar surface area (TPSA) is 68.4 Å². The number of aryl methyl sites for hydroxylation is 2. The lowest BCUT2D eigenvalue weighted by molar-refractivity contribution is 0.0952. The van der Waals surface area contributed by atoms with Crippen LogP contribution in [0.15, 0.2) is 65.7 Å². The molecule has 0 atom stereocenters. The number of rotatable bonds is 5. The molecule has 6 nitrogen and oxygen atoms in total. The number of nitrogens with one attached hydrogen (secondary N) is 1. The zero-order valence-electron chi connectivity index (χ0n) is 16.7. The van der Waals surface area contributed by atoms with Gasteiger partial charge in [0.05, 0.1) is 5.69 Å². The summed E-state index contributed by atoms with van der Waals surface area (Å²) in [5.41, 5.74) is 4.85. The maximum atomic E-state index is 12.9. The smallest absolute Gasteiger partial charge is 0.276 e. The number of nitrogens with zero attached hydrogens (tertiary/aromatic N) is 3. The Morgan fingerprint density at radius 1 is 1.10 bits per heavy atom. The maximum absolute atomic E-state index is 12.9. The van der Waals surface area contributed by atoms with Crippen molar-refractivity contribution < 1.29 is 4.79 Å². The third kappa shape index (κ3) is 4.00. The number of carbonyl (C=O) groups is 1. The maximum Gasteiger partial charge on any atom is 0.276 e. The van der Waals surface area contributed by atoms with Gasteiger partial charge >= 0.3 is 0 Å². The van der Waals surface area contributed by atoms with Crippen LogP contribution in [0.4, 0.5) is 0 Å². The summed E-state index contributed by atoms with van der Waals surface area (Å²) in [5.74, 6) is -0.229. The Labute approximate surface area is 178 Å². The van der Waals surface area contributed by atoms with Crippen molar-refractivity contribution in [3.05, 3.63) is 93.0 Å². The first-order valence-corrected chi connectivity index (χ1v) is 10.0. The molecule has 4 aromatic rings. The van der Waals surface area contributed by atoms with Crippen molar-refractivity contribution in [3.8, 4) is 11.3 Å². The summed E-state index contributed by atoms with van der Waals surface area (Å²) in [4.78, 5) is 25.1. The first-order chi connectivity index (χ1) is 14.4. The monoisotopic (exact) mass is 420 g/mol. The summed E-state index contributed by atoms with van der Waals surface area (Å²) in [7, 11) is 0. The molecule has 0 fully saturated rings. The van der Waals surface area contributed by atoms with Crippen LogP contribution in [-0.2, 0) is 6.54 Å². The third-order valence-electron chi connectivity index (χ3n) is 5.00. The lowest BCUT2D eigenvalue weighted by Crippen LogP contribution is -2.31. The van der Waals surface area contributed by atoms with Crippen molar-refractivity contribution in [2.75, 3.05) is 6.54 Å². The quantitative estimate of drug-likeness (QED) is 0.533. The van der Waals surface area contributed by atoms with Gasteiger partial charge in [0.25, 0.3) is 11.5 Å². The zero-order chi connectivity index (χ0) is 21.3. The van der Waals surface area contributed by atoms with Gasteiger partial charge in [0.2, 0.25) is 0 Å². The molecule has 0 aliphatic carbocycles. The van der Waals surface area contributed by atoms with Crippen LogP contribution in [0.1, 0.15) is 21.5 Å². The van der Waals surface area contributed by atoms with Crippen LogP contribution in [0.3, 0.4) is 0 Å². The minimum atomic E-state index is -0.229. The minimum Gasteiger partial charge on any atom is -0.350 e. The molecule has 0 aliphatic rings. The highest BCUT2D eigenvalue weighted by Gasteiger charge is 2.12. The number of carbonyl (C=O) groups excluding carboxylic acids is 1. The average molecular weight is 421 g/mol. The molecule has 4 rings (SSSR count). The van der Waals surface area contributed by atoms with Crippen molar-refractivity contribution in [1.29, 1.82) is 0 Å². The van der Waals surface area contributed by atoms with Crippen LogP contribution in [0.5, 0.6) is 0 Å². The van der Waals surface area contributed by atoms with Gasteiger partial charge in [0.1, 0.15) is 5.52 Å². The largest absolute Gasteiger partial charge is 0.350 e. The van der Waals surface area contributed by atoms with Gasteiger partial charge in [-0.3, -0.25) is 9.59 Å². The van der Waals surface area contributed by atoms with Gasteiger partial charge in [-0.25, -0.2) is 4.52 Å². The second kappa shape index (κ2) is 8.16. The Balaban J connectivity index is 1.53. The summed E-state index contributed by atoms with van der Waals surface area (Å²) in [5, 5.41) is 7.88. The van der Waals surface area contributed by atoms with Gasteiger partial charge in [0.15, 0.2) is 0 Å². The molecule has 1 amide bonds. The standard InChI is InChI=1S/C23H21ClN4O2/c1-15-6-7-16(2)19(12-15)20-14-21-23(30)27(10-11-28(21)26-20)9-8-25-22(29)17-4-3-5-18(24)13-17/h3-7,10-14H,8-9H2,1-2H3,(H,25,29). The Morgan fingerprint density at radius 3 is 2.73 bits per heavy atom. The van der Waals surface area contributed by atoms with Crippen LogP contribution in [0.25, 0.3) is 16.8 Å². The third-order valence-corrected chi connectivity index (χ3v) is 5.23. The molecule has 30 heavy (non-hydrogen) atoms. The predicted molar refractivity (Wildman–Crippen MR) is 118 cm³/mol. The molecule has 2 aromatic carbocycles. The van der Waals surface area contributed by atoms with E-state index in [4.69, 9.17) is 11.6 Å². The number of amides is 1. The van der Waals surface area contributed by atoms with Crippen molar-refractivity contribution in [1.82, 2.24) is 19.5 Å². The molecular weight excluding hydrogens is 400 g/mol. The molecule has 0 saturated carbocycles. The van der Waals surface area contributed by atoms with Crippen LogP contribution in [0, 0.1) is 13.8 Å². The van der Waals surface area contributed by atoms with Crippen LogP contribution in [-0.4, -0.2) is 26.6 Å². The molecule has 152 valence electrons. The lowest BCUT2D eigenvalue weighted by atomic mass is 10.0. The molecule has 2 heterocycles. The molecule has 0 bridgehead atoms. The number of halogens is 1. The van der Waals surface area contributed by atoms with E-state index < -0.39 is 0 Å². The van der Waals surface area contributed by atoms with Gasteiger partial charge < -0.3 is 9.88 Å². The summed E-state index contributed by atoms with van der Waals surface area (Å²) in [6, 6.07) is 14.7. The SMILES string of the molecule is Cc1ccc(C)c(-c2cc3c(=O)n(CCNC(=O)c4cccc(Cl)c4)ccn3n2)c1. The van der Waals surface area contributed by atoms with Gasteiger partial charge in [-0.1, -0.05) is 35.4 Å². The van der Waals surface area contributed by atoms with Crippen molar-refractivity contribution >= 4 is 23.0 Å². The van der Waals surface area contributed by atoms with Crippen LogP contribution < -0.4 is 10.9 Å². The fraction of sp³-hybridized carbons (Fsp3) is 0.174. The zero-order valence-corrected chi connectivity index (χ0v) is 17.5. The van der Waals surface area contributed by atoms with Crippen LogP contribution >= 0.6 is 11.6 Å².